The molecular weight excluding hydrogens is 290 g/mol. The van der Waals surface area contributed by atoms with Crippen LogP contribution >= 0.6 is 22.9 Å². The van der Waals surface area contributed by atoms with Crippen molar-refractivity contribution in [1.82, 2.24) is 4.98 Å². The molecule has 0 radical (unpaired) electrons. The van der Waals surface area contributed by atoms with Crippen LogP contribution < -0.4 is 5.32 Å². The molecule has 1 aromatic heterocycles. The van der Waals surface area contributed by atoms with E-state index < -0.39 is 0 Å². The van der Waals surface area contributed by atoms with Crippen molar-refractivity contribution >= 4 is 44.0 Å². The number of hydrogen-bond acceptors (Lipinski definition) is 3. The monoisotopic (exact) mass is 296 g/mol. The van der Waals surface area contributed by atoms with E-state index in [2.05, 4.69) is 10.3 Å². The Morgan fingerprint density at radius 2 is 1.79 bits per heavy atom. The highest BCUT2D eigenvalue weighted by molar-refractivity contribution is 7.22. The zero-order valence-electron chi connectivity index (χ0n) is 9.45. The van der Waals surface area contributed by atoms with E-state index in [1.54, 1.807) is 6.07 Å². The molecule has 0 bridgehead atoms. The molecule has 3 aromatic rings. The van der Waals surface area contributed by atoms with Gasteiger partial charge in [-0.1, -0.05) is 22.9 Å². The first-order chi connectivity index (χ1) is 9.11. The Bertz CT molecular complexity index is 757. The van der Waals surface area contributed by atoms with Crippen LogP contribution in [-0.4, -0.2) is 4.98 Å². The van der Waals surface area contributed by atoms with Crippen LogP contribution in [0.1, 0.15) is 0 Å². The molecule has 0 spiro atoms. The molecule has 0 amide bonds. The van der Waals surface area contributed by atoms with E-state index in [9.17, 15) is 8.78 Å². The van der Waals surface area contributed by atoms with Gasteiger partial charge in [0.1, 0.15) is 11.6 Å². The fourth-order valence-corrected chi connectivity index (χ4v) is 2.69. The topological polar surface area (TPSA) is 24.9 Å². The lowest BCUT2D eigenvalue weighted by Gasteiger charge is -2.04. The number of benzene rings is 2. The molecule has 2 aromatic carbocycles. The number of nitrogens with zero attached hydrogens (tertiary/aromatic N) is 1. The Hall–Kier alpha value is -1.72. The Morgan fingerprint density at radius 1 is 1.05 bits per heavy atom. The van der Waals surface area contributed by atoms with Gasteiger partial charge < -0.3 is 5.32 Å². The van der Waals surface area contributed by atoms with Crippen LogP contribution in [0.5, 0.6) is 0 Å². The number of thiazole rings is 1. The summed E-state index contributed by atoms with van der Waals surface area (Å²) < 4.78 is 27.0. The number of nitrogens with one attached hydrogen (secondary N) is 1. The summed E-state index contributed by atoms with van der Waals surface area (Å²) in [5, 5.41) is 3.87. The lowest BCUT2D eigenvalue weighted by atomic mass is 10.3. The summed E-state index contributed by atoms with van der Waals surface area (Å²) in [6, 6.07) is 8.41. The lowest BCUT2D eigenvalue weighted by Crippen LogP contribution is -1.91. The molecule has 0 aliphatic heterocycles. The van der Waals surface area contributed by atoms with Crippen LogP contribution in [0.3, 0.4) is 0 Å². The van der Waals surface area contributed by atoms with Gasteiger partial charge in [0.05, 0.1) is 20.9 Å². The van der Waals surface area contributed by atoms with Gasteiger partial charge in [-0.15, -0.1) is 0 Å². The molecule has 0 saturated carbocycles. The van der Waals surface area contributed by atoms with E-state index in [1.807, 2.05) is 0 Å². The van der Waals surface area contributed by atoms with Gasteiger partial charge >= 0.3 is 0 Å². The zero-order chi connectivity index (χ0) is 13.4. The van der Waals surface area contributed by atoms with Crippen LogP contribution in [0, 0.1) is 11.6 Å². The third-order valence-electron chi connectivity index (χ3n) is 2.52. The van der Waals surface area contributed by atoms with Gasteiger partial charge in [0.25, 0.3) is 0 Å². The van der Waals surface area contributed by atoms with E-state index >= 15 is 0 Å². The minimum atomic E-state index is -0.390. The van der Waals surface area contributed by atoms with Crippen molar-refractivity contribution in [2.75, 3.05) is 5.32 Å². The average Bonchev–Trinajstić information content (AvgIpc) is 2.75. The molecule has 1 N–H and O–H groups in total. The van der Waals surface area contributed by atoms with E-state index in [-0.39, 0.29) is 11.6 Å². The second-order valence-corrected chi connectivity index (χ2v) is 5.32. The van der Waals surface area contributed by atoms with Crippen LogP contribution in [0.15, 0.2) is 36.4 Å². The predicted octanol–water partition coefficient (Wildman–Crippen LogP) is 4.97. The standard InChI is InChI=1S/C13H7ClF2N2S/c14-9-3-1-7(15)5-10(9)17-13-18-11-6-8(16)2-4-12(11)19-13/h1-6H,(H,17,18). The number of rotatable bonds is 2. The van der Waals surface area contributed by atoms with Gasteiger partial charge in [0.15, 0.2) is 5.13 Å². The molecular formula is C13H7ClF2N2S. The summed E-state index contributed by atoms with van der Waals surface area (Å²) in [6.45, 7) is 0. The van der Waals surface area contributed by atoms with Gasteiger partial charge in [0, 0.05) is 6.07 Å². The number of aromatic nitrogens is 1. The number of halogens is 3. The molecule has 6 heteroatoms. The molecule has 0 saturated heterocycles. The summed E-state index contributed by atoms with van der Waals surface area (Å²) in [7, 11) is 0. The SMILES string of the molecule is Fc1ccc(Cl)c(Nc2nc3cc(F)ccc3s2)c1. The minimum absolute atomic E-state index is 0.340. The van der Waals surface area contributed by atoms with Crippen LogP contribution in [-0.2, 0) is 0 Å². The average molecular weight is 297 g/mol. The lowest BCUT2D eigenvalue weighted by molar-refractivity contribution is 0.628. The smallest absolute Gasteiger partial charge is 0.188 e. The van der Waals surface area contributed by atoms with Gasteiger partial charge in [0.2, 0.25) is 0 Å². The molecule has 19 heavy (non-hydrogen) atoms. The molecule has 0 aliphatic rings. The third kappa shape index (κ3) is 2.52. The van der Waals surface area contributed by atoms with E-state index in [4.69, 9.17) is 11.6 Å². The Morgan fingerprint density at radius 3 is 2.63 bits per heavy atom. The van der Waals surface area contributed by atoms with Crippen molar-refractivity contribution in [3.05, 3.63) is 53.1 Å². The molecule has 0 aliphatic carbocycles. The first kappa shape index (κ1) is 12.3. The third-order valence-corrected chi connectivity index (χ3v) is 3.80. The minimum Gasteiger partial charge on any atom is -0.330 e. The number of fused-ring (bicyclic) bond motifs is 1. The molecule has 0 atom stereocenters. The van der Waals surface area contributed by atoms with Crippen molar-refractivity contribution in [3.63, 3.8) is 0 Å². The van der Waals surface area contributed by atoms with Crippen LogP contribution in [0.2, 0.25) is 5.02 Å². The predicted molar refractivity (Wildman–Crippen MR) is 74.3 cm³/mol. The summed E-state index contributed by atoms with van der Waals surface area (Å²) >= 11 is 7.30. The fraction of sp³-hybridized carbons (Fsp3) is 0. The van der Waals surface area contributed by atoms with Crippen molar-refractivity contribution in [3.8, 4) is 0 Å². The quantitative estimate of drug-likeness (QED) is 0.722. The Labute approximate surface area is 116 Å². The molecule has 0 unspecified atom stereocenters. The van der Waals surface area contributed by atoms with Crippen molar-refractivity contribution in [2.45, 2.75) is 0 Å². The number of hydrogen-bond donors (Lipinski definition) is 1. The highest BCUT2D eigenvalue weighted by atomic mass is 35.5. The van der Waals surface area contributed by atoms with Gasteiger partial charge in [-0.2, -0.15) is 0 Å². The summed E-state index contributed by atoms with van der Waals surface area (Å²) in [4.78, 5) is 4.23. The van der Waals surface area contributed by atoms with Gasteiger partial charge in [-0.3, -0.25) is 0 Å². The van der Waals surface area contributed by atoms with Crippen molar-refractivity contribution in [1.29, 1.82) is 0 Å². The summed E-state index contributed by atoms with van der Waals surface area (Å²) in [5.74, 6) is -0.729. The van der Waals surface area contributed by atoms with Crippen molar-refractivity contribution in [2.24, 2.45) is 0 Å². The Kier molecular flexibility index (Phi) is 3.08. The number of anilines is 2. The molecule has 1 heterocycles. The van der Waals surface area contributed by atoms with Crippen molar-refractivity contribution < 1.29 is 8.78 Å². The first-order valence-corrected chi connectivity index (χ1v) is 6.59. The van der Waals surface area contributed by atoms with E-state index in [0.29, 0.717) is 21.4 Å². The highest BCUT2D eigenvalue weighted by Crippen LogP contribution is 2.31. The van der Waals surface area contributed by atoms with E-state index in [0.717, 1.165) is 4.70 Å². The van der Waals surface area contributed by atoms with Gasteiger partial charge in [-0.05, 0) is 30.3 Å². The second-order valence-electron chi connectivity index (χ2n) is 3.88. The molecule has 0 fully saturated rings. The maximum absolute atomic E-state index is 13.1. The highest BCUT2D eigenvalue weighted by Gasteiger charge is 2.08. The largest absolute Gasteiger partial charge is 0.330 e. The normalized spacial score (nSPS) is 10.9. The Balaban J connectivity index is 1.98. The second kappa shape index (κ2) is 4.75. The maximum atomic E-state index is 13.1. The van der Waals surface area contributed by atoms with Crippen LogP contribution in [0.25, 0.3) is 10.2 Å². The van der Waals surface area contributed by atoms with Gasteiger partial charge in [-0.25, -0.2) is 13.8 Å². The summed E-state index contributed by atoms with van der Waals surface area (Å²) in [5.41, 5.74) is 0.987. The fourth-order valence-electron chi connectivity index (χ4n) is 1.66. The maximum Gasteiger partial charge on any atom is 0.188 e. The van der Waals surface area contributed by atoms with E-state index in [1.165, 1.54) is 41.7 Å². The molecule has 3 rings (SSSR count). The molecule has 2 nitrogen and oxygen atoms in total. The summed E-state index contributed by atoms with van der Waals surface area (Å²) in [6.07, 6.45) is 0. The zero-order valence-corrected chi connectivity index (χ0v) is 11.0. The van der Waals surface area contributed by atoms with Crippen LogP contribution in [0.4, 0.5) is 19.6 Å². The molecule has 96 valence electrons. The first-order valence-electron chi connectivity index (χ1n) is 5.40.